The van der Waals surface area contributed by atoms with E-state index in [-0.39, 0.29) is 5.97 Å². The highest BCUT2D eigenvalue weighted by atomic mass is 16.5. The van der Waals surface area contributed by atoms with Crippen LogP contribution in [0.3, 0.4) is 0 Å². The molecule has 1 aromatic rings. The minimum Gasteiger partial charge on any atom is -0.468 e. The third-order valence-electron chi connectivity index (χ3n) is 5.42. The van der Waals surface area contributed by atoms with Gasteiger partial charge in [0.2, 0.25) is 0 Å². The van der Waals surface area contributed by atoms with Crippen molar-refractivity contribution in [1.29, 1.82) is 0 Å². The number of piperidine rings is 1. The Labute approximate surface area is 151 Å². The summed E-state index contributed by atoms with van der Waals surface area (Å²) in [5.41, 5.74) is 1.40. The molecule has 3 rings (SSSR count). The lowest BCUT2D eigenvalue weighted by Crippen LogP contribution is -2.51. The summed E-state index contributed by atoms with van der Waals surface area (Å²) in [5.74, 6) is 0.589. The van der Waals surface area contributed by atoms with Crippen molar-refractivity contribution in [3.8, 4) is 0 Å². The molecule has 2 saturated heterocycles. The zero-order valence-corrected chi connectivity index (χ0v) is 15.2. The number of carbonyl (C=O) groups excluding carboxylic acids is 1. The second kappa shape index (κ2) is 9.32. The molecule has 0 saturated carbocycles. The van der Waals surface area contributed by atoms with E-state index in [0.29, 0.717) is 12.6 Å². The molecule has 1 unspecified atom stereocenters. The van der Waals surface area contributed by atoms with Gasteiger partial charge in [-0.25, -0.2) is 0 Å². The average Bonchev–Trinajstić information content (AvgIpc) is 2.65. The van der Waals surface area contributed by atoms with Gasteiger partial charge in [0, 0.05) is 32.2 Å². The average molecular weight is 344 g/mol. The van der Waals surface area contributed by atoms with Crippen LogP contribution in [0.25, 0.3) is 0 Å². The summed E-state index contributed by atoms with van der Waals surface area (Å²) in [6, 6.07) is 11.1. The van der Waals surface area contributed by atoms with Crippen molar-refractivity contribution >= 4 is 5.97 Å². The molecule has 137 valence electrons. The van der Waals surface area contributed by atoms with Crippen LogP contribution in [0.2, 0.25) is 0 Å². The van der Waals surface area contributed by atoms with Gasteiger partial charge in [0.1, 0.15) is 0 Å². The second-order valence-electron chi connectivity index (χ2n) is 7.18. The molecule has 0 spiro atoms. The van der Waals surface area contributed by atoms with Crippen molar-refractivity contribution in [2.24, 2.45) is 5.92 Å². The predicted molar refractivity (Wildman–Crippen MR) is 98.7 cm³/mol. The van der Waals surface area contributed by atoms with Gasteiger partial charge in [-0.1, -0.05) is 30.3 Å². The number of rotatable bonds is 6. The van der Waals surface area contributed by atoms with Gasteiger partial charge in [-0.15, -0.1) is 0 Å². The van der Waals surface area contributed by atoms with Crippen LogP contribution in [0.4, 0.5) is 0 Å². The Morgan fingerprint density at radius 3 is 2.72 bits per heavy atom. The topological polar surface area (TPSA) is 44.8 Å². The fraction of sp³-hybridized carbons (Fsp3) is 0.600. The molecule has 2 aliphatic heterocycles. The number of likely N-dealkylation sites (tertiary alicyclic amines) is 1. The monoisotopic (exact) mass is 344 g/mol. The predicted octanol–water partition coefficient (Wildman–Crippen LogP) is 1.90. The molecule has 5 nitrogen and oxygen atoms in total. The molecular formula is C20H30N3O2. The molecule has 25 heavy (non-hydrogen) atoms. The number of hydrogen-bond acceptors (Lipinski definition) is 5. The molecule has 1 aromatic carbocycles. The highest BCUT2D eigenvalue weighted by Crippen LogP contribution is 2.26. The number of methoxy groups -OCH3 is 1. The third-order valence-corrected chi connectivity index (χ3v) is 5.42. The van der Waals surface area contributed by atoms with Crippen LogP contribution in [0.15, 0.2) is 30.3 Å². The van der Waals surface area contributed by atoms with Gasteiger partial charge in [-0.3, -0.25) is 14.6 Å². The fourth-order valence-corrected chi connectivity index (χ4v) is 3.93. The minimum absolute atomic E-state index is 0.152. The largest absolute Gasteiger partial charge is 0.468 e. The zero-order valence-electron chi connectivity index (χ0n) is 15.2. The number of piperazine rings is 1. The number of nitrogens with zero attached hydrogens (tertiary/aromatic N) is 2. The Morgan fingerprint density at radius 2 is 2.00 bits per heavy atom. The van der Waals surface area contributed by atoms with E-state index in [1.807, 2.05) is 0 Å². The van der Waals surface area contributed by atoms with E-state index in [0.717, 1.165) is 32.0 Å². The van der Waals surface area contributed by atoms with E-state index in [9.17, 15) is 4.79 Å². The molecule has 0 aliphatic carbocycles. The Bertz CT molecular complexity index is 529. The fourth-order valence-electron chi connectivity index (χ4n) is 3.93. The van der Waals surface area contributed by atoms with Crippen molar-refractivity contribution in [1.82, 2.24) is 15.1 Å². The number of hydrogen-bond donors (Lipinski definition) is 1. The lowest BCUT2D eigenvalue weighted by atomic mass is 9.89. The summed E-state index contributed by atoms with van der Waals surface area (Å²) in [4.78, 5) is 16.4. The van der Waals surface area contributed by atoms with Crippen LogP contribution in [0.1, 0.15) is 24.8 Å². The molecule has 2 aliphatic rings. The van der Waals surface area contributed by atoms with Crippen molar-refractivity contribution in [3.63, 3.8) is 0 Å². The Hall–Kier alpha value is -1.43. The van der Waals surface area contributed by atoms with Gasteiger partial charge >= 0.3 is 5.97 Å². The van der Waals surface area contributed by atoms with Crippen molar-refractivity contribution < 1.29 is 9.53 Å². The first-order valence-electron chi connectivity index (χ1n) is 9.37. The summed E-state index contributed by atoms with van der Waals surface area (Å²) in [5, 5.41) is 3.43. The maximum Gasteiger partial charge on any atom is 0.319 e. The summed E-state index contributed by atoms with van der Waals surface area (Å²) in [7, 11) is 1.46. The van der Waals surface area contributed by atoms with E-state index in [1.54, 1.807) is 0 Å². The van der Waals surface area contributed by atoms with Crippen molar-refractivity contribution in [2.75, 3.05) is 39.8 Å². The van der Waals surface area contributed by atoms with E-state index in [1.165, 1.54) is 38.6 Å². The lowest BCUT2D eigenvalue weighted by molar-refractivity contribution is -0.142. The summed E-state index contributed by atoms with van der Waals surface area (Å²) >= 11 is 0. The van der Waals surface area contributed by atoms with Crippen LogP contribution in [-0.4, -0.2) is 61.6 Å². The first-order valence-corrected chi connectivity index (χ1v) is 9.37. The number of nitrogens with one attached hydrogen (secondary N) is 1. The van der Waals surface area contributed by atoms with E-state index < -0.39 is 0 Å². The van der Waals surface area contributed by atoms with Gasteiger partial charge in [0.05, 0.1) is 13.7 Å². The van der Waals surface area contributed by atoms with Crippen LogP contribution in [0, 0.1) is 12.5 Å². The normalized spacial score (nSPS) is 23.5. The smallest absolute Gasteiger partial charge is 0.319 e. The highest BCUT2D eigenvalue weighted by molar-refractivity contribution is 5.71. The van der Waals surface area contributed by atoms with Crippen LogP contribution in [-0.2, 0) is 16.1 Å². The summed E-state index contributed by atoms with van der Waals surface area (Å²) < 4.78 is 4.83. The standard InChI is InChI=1S/C20H30N3O2/c1-25-20(24)16-23-12-9-21-14-19(23)13-17-7-10-22(11-8-17)15-18-5-3-2-4-6-18/h2-6,12,17,19,21H,7-11,13-16H2,1H3. The van der Waals surface area contributed by atoms with E-state index >= 15 is 0 Å². The quantitative estimate of drug-likeness (QED) is 0.799. The SMILES string of the molecule is COC(=O)CN1[CH]CNCC1CC1CCN(Cc2ccccc2)CC1. The van der Waals surface area contributed by atoms with Gasteiger partial charge in [0.15, 0.2) is 0 Å². The molecule has 0 aromatic heterocycles. The molecule has 0 amide bonds. The van der Waals surface area contributed by atoms with Crippen LogP contribution >= 0.6 is 0 Å². The van der Waals surface area contributed by atoms with Crippen LogP contribution in [0.5, 0.6) is 0 Å². The molecular weight excluding hydrogens is 314 g/mol. The summed E-state index contributed by atoms with van der Waals surface area (Å²) in [6.45, 7) is 7.66. The first kappa shape index (κ1) is 18.4. The number of esters is 1. The second-order valence-corrected chi connectivity index (χ2v) is 7.18. The maximum atomic E-state index is 11.6. The lowest BCUT2D eigenvalue weighted by Gasteiger charge is -2.39. The Kier molecular flexibility index (Phi) is 6.84. The molecule has 1 atom stereocenters. The van der Waals surface area contributed by atoms with Gasteiger partial charge in [-0.2, -0.15) is 0 Å². The molecule has 0 bridgehead atoms. The Balaban J connectivity index is 1.45. The number of ether oxygens (including phenoxy) is 1. The Morgan fingerprint density at radius 1 is 1.24 bits per heavy atom. The minimum atomic E-state index is -0.152. The van der Waals surface area contributed by atoms with Crippen molar-refractivity contribution in [3.05, 3.63) is 42.4 Å². The van der Waals surface area contributed by atoms with E-state index in [2.05, 4.69) is 52.0 Å². The van der Waals surface area contributed by atoms with Crippen LogP contribution < -0.4 is 5.32 Å². The van der Waals surface area contributed by atoms with Gasteiger partial charge in [-0.05, 0) is 43.8 Å². The first-order chi connectivity index (χ1) is 12.2. The molecule has 2 fully saturated rings. The van der Waals surface area contributed by atoms with Gasteiger partial charge in [0.25, 0.3) is 0 Å². The zero-order chi connectivity index (χ0) is 17.5. The highest BCUT2D eigenvalue weighted by Gasteiger charge is 2.29. The summed E-state index contributed by atoms with van der Waals surface area (Å²) in [6.07, 6.45) is 3.64. The molecule has 2 heterocycles. The molecule has 1 radical (unpaired) electrons. The van der Waals surface area contributed by atoms with E-state index in [4.69, 9.17) is 4.74 Å². The third kappa shape index (κ3) is 5.53. The van der Waals surface area contributed by atoms with Crippen molar-refractivity contribution in [2.45, 2.75) is 31.8 Å². The molecule has 1 N–H and O–H groups in total. The number of carbonyl (C=O) groups is 1. The number of benzene rings is 1. The molecule has 5 heteroatoms. The van der Waals surface area contributed by atoms with Gasteiger partial charge < -0.3 is 10.1 Å². The maximum absolute atomic E-state index is 11.6.